The van der Waals surface area contributed by atoms with Crippen LogP contribution in [0.1, 0.15) is 19.3 Å². The van der Waals surface area contributed by atoms with Gasteiger partial charge in [-0.2, -0.15) is 0 Å². The fourth-order valence-electron chi connectivity index (χ4n) is 3.25. The van der Waals surface area contributed by atoms with Crippen LogP contribution >= 0.6 is 11.6 Å². The van der Waals surface area contributed by atoms with Crippen molar-refractivity contribution < 1.29 is 9.18 Å². The fourth-order valence-corrected chi connectivity index (χ4v) is 3.43. The molecule has 1 aromatic rings. The van der Waals surface area contributed by atoms with Crippen LogP contribution in [0.5, 0.6) is 0 Å². The van der Waals surface area contributed by atoms with Gasteiger partial charge in [0.2, 0.25) is 0 Å². The first-order chi connectivity index (χ1) is 10.1. The van der Waals surface area contributed by atoms with E-state index in [4.69, 9.17) is 11.6 Å². The lowest BCUT2D eigenvalue weighted by molar-refractivity contribution is 0.191. The molecule has 2 aliphatic heterocycles. The van der Waals surface area contributed by atoms with E-state index in [0.29, 0.717) is 5.69 Å². The summed E-state index contributed by atoms with van der Waals surface area (Å²) in [5.41, 5.74) is 0.806. The Kier molecular flexibility index (Phi) is 4.04. The van der Waals surface area contributed by atoms with Crippen molar-refractivity contribution in [3.63, 3.8) is 0 Å². The molecule has 2 fully saturated rings. The van der Waals surface area contributed by atoms with Gasteiger partial charge in [-0.3, -0.25) is 0 Å². The van der Waals surface area contributed by atoms with E-state index in [0.717, 1.165) is 45.4 Å². The van der Waals surface area contributed by atoms with Crippen LogP contribution in [0.15, 0.2) is 18.2 Å². The lowest BCUT2D eigenvalue weighted by Gasteiger charge is -2.33. The van der Waals surface area contributed by atoms with Gasteiger partial charge < -0.3 is 15.5 Å². The van der Waals surface area contributed by atoms with Gasteiger partial charge in [0.15, 0.2) is 0 Å². The van der Waals surface area contributed by atoms with E-state index in [9.17, 15) is 9.18 Å². The van der Waals surface area contributed by atoms with E-state index in [2.05, 4.69) is 10.6 Å². The van der Waals surface area contributed by atoms with Crippen molar-refractivity contribution in [2.24, 2.45) is 5.41 Å². The van der Waals surface area contributed by atoms with Gasteiger partial charge in [0.05, 0.1) is 5.02 Å². The van der Waals surface area contributed by atoms with E-state index in [1.54, 1.807) is 0 Å². The third-order valence-electron chi connectivity index (χ3n) is 4.56. The Morgan fingerprint density at radius 3 is 2.81 bits per heavy atom. The molecule has 2 N–H and O–H groups in total. The zero-order valence-electron chi connectivity index (χ0n) is 11.8. The average Bonchev–Trinajstić information content (AvgIpc) is 2.87. The predicted molar refractivity (Wildman–Crippen MR) is 81.2 cm³/mol. The Bertz CT molecular complexity index is 546. The van der Waals surface area contributed by atoms with E-state index in [1.807, 2.05) is 4.90 Å². The van der Waals surface area contributed by atoms with Gasteiger partial charge in [-0.15, -0.1) is 0 Å². The molecular formula is C15H19ClFN3O. The second-order valence-corrected chi connectivity index (χ2v) is 6.39. The quantitative estimate of drug-likeness (QED) is 0.837. The van der Waals surface area contributed by atoms with Crippen molar-refractivity contribution in [2.75, 3.05) is 31.5 Å². The molecule has 2 aliphatic rings. The number of rotatable bonds is 1. The third kappa shape index (κ3) is 3.14. The highest BCUT2D eigenvalue weighted by atomic mass is 35.5. The number of likely N-dealkylation sites (tertiary alicyclic amines) is 1. The molecule has 0 unspecified atom stereocenters. The number of urea groups is 1. The second-order valence-electron chi connectivity index (χ2n) is 5.98. The highest BCUT2D eigenvalue weighted by Gasteiger charge is 2.40. The number of halogens is 2. The minimum Gasteiger partial charge on any atom is -0.324 e. The van der Waals surface area contributed by atoms with Gasteiger partial charge in [-0.1, -0.05) is 11.6 Å². The summed E-state index contributed by atoms with van der Waals surface area (Å²) in [5, 5.41) is 6.17. The van der Waals surface area contributed by atoms with Gasteiger partial charge in [0.1, 0.15) is 5.82 Å². The molecule has 4 nitrogen and oxygen atoms in total. The summed E-state index contributed by atoms with van der Waals surface area (Å²) in [7, 11) is 0. The number of carbonyl (C=O) groups is 1. The highest BCUT2D eigenvalue weighted by Crippen LogP contribution is 2.38. The predicted octanol–water partition coefficient (Wildman–Crippen LogP) is 3.09. The Morgan fingerprint density at radius 2 is 2.10 bits per heavy atom. The van der Waals surface area contributed by atoms with Crippen molar-refractivity contribution in [3.05, 3.63) is 29.0 Å². The van der Waals surface area contributed by atoms with E-state index in [-0.39, 0.29) is 16.5 Å². The Hall–Kier alpha value is -1.33. The smallest absolute Gasteiger partial charge is 0.321 e. The molecule has 0 bridgehead atoms. The maximum atomic E-state index is 13.1. The van der Waals surface area contributed by atoms with Gasteiger partial charge >= 0.3 is 6.03 Å². The van der Waals surface area contributed by atoms with Crippen LogP contribution in [0.2, 0.25) is 5.02 Å². The van der Waals surface area contributed by atoms with Crippen LogP contribution in [-0.4, -0.2) is 37.1 Å². The summed E-state index contributed by atoms with van der Waals surface area (Å²) < 4.78 is 13.1. The lowest BCUT2D eigenvalue weighted by Crippen LogP contribution is -2.40. The summed E-state index contributed by atoms with van der Waals surface area (Å²) >= 11 is 5.73. The molecule has 114 valence electrons. The molecule has 0 radical (unpaired) electrons. The molecule has 2 saturated heterocycles. The molecule has 21 heavy (non-hydrogen) atoms. The van der Waals surface area contributed by atoms with Crippen LogP contribution in [-0.2, 0) is 0 Å². The fraction of sp³-hybridized carbons (Fsp3) is 0.533. The largest absolute Gasteiger partial charge is 0.324 e. The van der Waals surface area contributed by atoms with Crippen LogP contribution in [0.25, 0.3) is 0 Å². The first kappa shape index (κ1) is 14.6. The van der Waals surface area contributed by atoms with Gasteiger partial charge in [0, 0.05) is 18.8 Å². The number of piperidine rings is 1. The van der Waals surface area contributed by atoms with Crippen LogP contribution in [0.4, 0.5) is 14.9 Å². The standard InChI is InChI=1S/C15H19ClFN3O/c16-12-9-11(1-2-13(12)17)19-14(21)20-8-5-15(10-20)3-6-18-7-4-15/h1-2,9,18H,3-8,10H2,(H,19,21). The topological polar surface area (TPSA) is 44.4 Å². The first-order valence-corrected chi connectivity index (χ1v) is 7.68. The summed E-state index contributed by atoms with van der Waals surface area (Å²) in [6.07, 6.45) is 3.31. The second kappa shape index (κ2) is 5.81. The van der Waals surface area contributed by atoms with Crippen LogP contribution in [0.3, 0.4) is 0 Å². The zero-order chi connectivity index (χ0) is 14.9. The Labute approximate surface area is 128 Å². The number of hydrogen-bond donors (Lipinski definition) is 2. The first-order valence-electron chi connectivity index (χ1n) is 7.30. The van der Waals surface area contributed by atoms with E-state index in [1.165, 1.54) is 18.2 Å². The molecule has 0 saturated carbocycles. The zero-order valence-corrected chi connectivity index (χ0v) is 12.5. The van der Waals surface area contributed by atoms with E-state index >= 15 is 0 Å². The Balaban J connectivity index is 1.62. The number of hydrogen-bond acceptors (Lipinski definition) is 2. The number of nitrogens with zero attached hydrogens (tertiary/aromatic N) is 1. The Morgan fingerprint density at radius 1 is 1.33 bits per heavy atom. The van der Waals surface area contributed by atoms with Gasteiger partial charge in [0.25, 0.3) is 0 Å². The molecule has 0 aliphatic carbocycles. The van der Waals surface area contributed by atoms with Gasteiger partial charge in [-0.25, -0.2) is 9.18 Å². The SMILES string of the molecule is O=C(Nc1ccc(F)c(Cl)c1)N1CCC2(CCNCC2)C1. The van der Waals surface area contributed by atoms with Crippen molar-refractivity contribution >= 4 is 23.3 Å². The van der Waals surface area contributed by atoms with Crippen molar-refractivity contribution in [1.82, 2.24) is 10.2 Å². The summed E-state index contributed by atoms with van der Waals surface area (Å²) in [6.45, 7) is 3.64. The average molecular weight is 312 g/mol. The molecule has 6 heteroatoms. The molecule has 3 rings (SSSR count). The summed E-state index contributed by atoms with van der Waals surface area (Å²) in [4.78, 5) is 14.1. The van der Waals surface area contributed by atoms with Gasteiger partial charge in [-0.05, 0) is 56.0 Å². The van der Waals surface area contributed by atoms with Crippen molar-refractivity contribution in [3.8, 4) is 0 Å². The minimum atomic E-state index is -0.482. The number of nitrogens with one attached hydrogen (secondary N) is 2. The number of anilines is 1. The summed E-state index contributed by atoms with van der Waals surface area (Å²) in [5.74, 6) is -0.482. The maximum absolute atomic E-state index is 13.1. The van der Waals surface area contributed by atoms with Crippen molar-refractivity contribution in [2.45, 2.75) is 19.3 Å². The normalized spacial score (nSPS) is 20.8. The molecule has 2 heterocycles. The summed E-state index contributed by atoms with van der Waals surface area (Å²) in [6, 6.07) is 4.09. The molecular weight excluding hydrogens is 293 g/mol. The third-order valence-corrected chi connectivity index (χ3v) is 4.85. The number of carbonyl (C=O) groups excluding carboxylic acids is 1. The highest BCUT2D eigenvalue weighted by molar-refractivity contribution is 6.31. The molecule has 1 aromatic carbocycles. The molecule has 2 amide bonds. The van der Waals surface area contributed by atoms with E-state index < -0.39 is 5.82 Å². The molecule has 1 spiro atoms. The van der Waals surface area contributed by atoms with Crippen LogP contribution < -0.4 is 10.6 Å². The monoisotopic (exact) mass is 311 g/mol. The number of benzene rings is 1. The maximum Gasteiger partial charge on any atom is 0.321 e. The minimum absolute atomic E-state index is 0.0176. The lowest BCUT2D eigenvalue weighted by atomic mass is 9.78. The molecule has 0 atom stereocenters. The van der Waals surface area contributed by atoms with Crippen molar-refractivity contribution in [1.29, 1.82) is 0 Å². The van der Waals surface area contributed by atoms with Crippen LogP contribution in [0, 0.1) is 11.2 Å². The molecule has 0 aromatic heterocycles. The number of amides is 2.